The molecule has 0 aliphatic carbocycles. The molecule has 0 radical (unpaired) electrons. The fourth-order valence-corrected chi connectivity index (χ4v) is 3.76. The predicted molar refractivity (Wildman–Crippen MR) is 93.6 cm³/mol. The van der Waals surface area contributed by atoms with E-state index >= 15 is 0 Å². The third-order valence-corrected chi connectivity index (χ3v) is 5.02. The molecule has 2 aliphatic rings. The van der Waals surface area contributed by atoms with Crippen LogP contribution >= 0.6 is 0 Å². The van der Waals surface area contributed by atoms with Crippen LogP contribution in [-0.2, 0) is 11.3 Å². The molecule has 138 valence electrons. The smallest absolute Gasteiger partial charge is 0.256 e. The maximum atomic E-state index is 12.9. The Morgan fingerprint density at radius 3 is 2.72 bits per heavy atom. The average molecular weight is 349 g/mol. The summed E-state index contributed by atoms with van der Waals surface area (Å²) in [5.74, 6) is 1.04. The van der Waals surface area contributed by atoms with Crippen molar-refractivity contribution in [3.05, 3.63) is 23.8 Å². The Bertz CT molecular complexity index is 633. The van der Waals surface area contributed by atoms with Gasteiger partial charge >= 0.3 is 0 Å². The first-order chi connectivity index (χ1) is 12.0. The molecule has 3 rings (SSSR count). The first kappa shape index (κ1) is 18.0. The maximum absolute atomic E-state index is 12.9. The molecule has 0 aromatic heterocycles. The lowest BCUT2D eigenvalue weighted by atomic mass is 9.89. The molecule has 2 heterocycles. The van der Waals surface area contributed by atoms with Gasteiger partial charge in [0, 0.05) is 44.3 Å². The molecule has 0 spiro atoms. The van der Waals surface area contributed by atoms with Gasteiger partial charge in [-0.15, -0.1) is 0 Å². The number of carbonyl (C=O) groups excluding carboxylic acids is 1. The van der Waals surface area contributed by atoms with Crippen LogP contribution in [0.1, 0.15) is 18.4 Å². The molecule has 1 unspecified atom stereocenters. The number of likely N-dealkylation sites (tertiary alicyclic amines) is 2. The van der Waals surface area contributed by atoms with Crippen molar-refractivity contribution in [1.82, 2.24) is 9.80 Å². The third kappa shape index (κ3) is 3.58. The van der Waals surface area contributed by atoms with E-state index < -0.39 is 5.60 Å². The normalized spacial score (nSPS) is 25.0. The molecule has 7 nitrogen and oxygen atoms in total. The van der Waals surface area contributed by atoms with Crippen molar-refractivity contribution >= 4 is 5.91 Å². The number of β-amino-alcohol motifs (C(OH)–C–C–N with tert-alkyl or cyclic N) is 1. The van der Waals surface area contributed by atoms with E-state index in [0.717, 1.165) is 25.1 Å². The molecule has 2 fully saturated rings. The molecule has 1 aromatic rings. The summed E-state index contributed by atoms with van der Waals surface area (Å²) in [5.41, 5.74) is 5.33. The van der Waals surface area contributed by atoms with Gasteiger partial charge in [0.15, 0.2) is 17.1 Å². The molecule has 25 heavy (non-hydrogen) atoms. The highest BCUT2D eigenvalue weighted by Crippen LogP contribution is 2.33. The molecule has 0 saturated carbocycles. The van der Waals surface area contributed by atoms with Crippen molar-refractivity contribution in [1.29, 1.82) is 0 Å². The zero-order chi connectivity index (χ0) is 18.0. The van der Waals surface area contributed by atoms with E-state index in [9.17, 15) is 9.90 Å². The second-order valence-corrected chi connectivity index (χ2v) is 6.97. The van der Waals surface area contributed by atoms with Crippen molar-refractivity contribution in [3.63, 3.8) is 0 Å². The van der Waals surface area contributed by atoms with E-state index in [-0.39, 0.29) is 11.9 Å². The van der Waals surface area contributed by atoms with Crippen LogP contribution in [0, 0.1) is 0 Å². The molecule has 3 N–H and O–H groups in total. The standard InChI is InChI=1S/C18H27N3O4/c1-24-15-6-3-5-13(16(15)25-2)9-21-8-4-7-18(23,17(21)22)12-20-10-14(19)11-20/h3,5-6,14,23H,4,7-12,19H2,1-2H3. The quantitative estimate of drug-likeness (QED) is 0.763. The summed E-state index contributed by atoms with van der Waals surface area (Å²) in [4.78, 5) is 16.7. The van der Waals surface area contributed by atoms with Gasteiger partial charge in [0.25, 0.3) is 5.91 Å². The Morgan fingerprint density at radius 2 is 2.08 bits per heavy atom. The molecule has 7 heteroatoms. The van der Waals surface area contributed by atoms with Gasteiger partial charge in [0.05, 0.1) is 14.2 Å². The second-order valence-electron chi connectivity index (χ2n) is 6.97. The number of para-hydroxylation sites is 1. The van der Waals surface area contributed by atoms with Crippen LogP contribution in [0.25, 0.3) is 0 Å². The first-order valence-corrected chi connectivity index (χ1v) is 8.66. The highest BCUT2D eigenvalue weighted by Gasteiger charge is 2.45. The van der Waals surface area contributed by atoms with E-state index in [1.807, 2.05) is 23.1 Å². The van der Waals surface area contributed by atoms with Gasteiger partial charge in [-0.25, -0.2) is 0 Å². The Balaban J connectivity index is 1.73. The molecule has 1 aromatic carbocycles. The number of carbonyl (C=O) groups is 1. The lowest BCUT2D eigenvalue weighted by molar-refractivity contribution is -0.161. The average Bonchev–Trinajstić information content (AvgIpc) is 2.57. The predicted octanol–water partition coefficient (Wildman–Crippen LogP) is 0.200. The van der Waals surface area contributed by atoms with Gasteiger partial charge < -0.3 is 25.2 Å². The Labute approximate surface area is 148 Å². The molecule has 0 bridgehead atoms. The van der Waals surface area contributed by atoms with E-state index in [2.05, 4.69) is 0 Å². The van der Waals surface area contributed by atoms with Crippen molar-refractivity contribution in [2.24, 2.45) is 5.73 Å². The van der Waals surface area contributed by atoms with Crippen LogP contribution in [0.15, 0.2) is 18.2 Å². The lowest BCUT2D eigenvalue weighted by Gasteiger charge is -2.45. The minimum Gasteiger partial charge on any atom is -0.493 e. The van der Waals surface area contributed by atoms with Crippen LogP contribution in [0.2, 0.25) is 0 Å². The molecule has 2 aliphatic heterocycles. The first-order valence-electron chi connectivity index (χ1n) is 8.66. The number of nitrogens with two attached hydrogens (primary N) is 1. The van der Waals surface area contributed by atoms with Crippen LogP contribution in [0.3, 0.4) is 0 Å². The number of hydrogen-bond donors (Lipinski definition) is 2. The second kappa shape index (κ2) is 7.19. The summed E-state index contributed by atoms with van der Waals surface area (Å²) in [6.45, 7) is 2.84. The number of ether oxygens (including phenoxy) is 2. The van der Waals surface area contributed by atoms with E-state index in [0.29, 0.717) is 37.6 Å². The Hall–Kier alpha value is -1.83. The highest BCUT2D eigenvalue weighted by atomic mass is 16.5. The minimum absolute atomic E-state index is 0.152. The minimum atomic E-state index is -1.33. The van der Waals surface area contributed by atoms with E-state index in [1.54, 1.807) is 19.1 Å². The number of piperidine rings is 1. The van der Waals surface area contributed by atoms with Crippen LogP contribution in [-0.4, -0.2) is 72.9 Å². The Kier molecular flexibility index (Phi) is 5.17. The Morgan fingerprint density at radius 1 is 1.32 bits per heavy atom. The van der Waals surface area contributed by atoms with Crippen LogP contribution in [0.4, 0.5) is 0 Å². The SMILES string of the molecule is COc1cccc(CN2CCCC(O)(CN3CC(N)C3)C2=O)c1OC. The van der Waals surface area contributed by atoms with Crippen molar-refractivity contribution in [2.75, 3.05) is 40.4 Å². The molecule has 1 amide bonds. The zero-order valence-corrected chi connectivity index (χ0v) is 14.9. The monoisotopic (exact) mass is 349 g/mol. The largest absolute Gasteiger partial charge is 0.493 e. The van der Waals surface area contributed by atoms with Gasteiger partial charge in [0.1, 0.15) is 0 Å². The fraction of sp³-hybridized carbons (Fsp3) is 0.611. The van der Waals surface area contributed by atoms with E-state index in [4.69, 9.17) is 15.2 Å². The summed E-state index contributed by atoms with van der Waals surface area (Å²) in [7, 11) is 3.17. The van der Waals surface area contributed by atoms with Crippen molar-refractivity contribution in [3.8, 4) is 11.5 Å². The lowest BCUT2D eigenvalue weighted by Crippen LogP contribution is -2.64. The van der Waals surface area contributed by atoms with E-state index in [1.165, 1.54) is 0 Å². The number of benzene rings is 1. The number of amides is 1. The topological polar surface area (TPSA) is 88.3 Å². The fourth-order valence-electron chi connectivity index (χ4n) is 3.76. The summed E-state index contributed by atoms with van der Waals surface area (Å²) in [6, 6.07) is 5.76. The highest BCUT2D eigenvalue weighted by molar-refractivity contribution is 5.86. The molecule has 2 saturated heterocycles. The molecular formula is C18H27N3O4. The van der Waals surface area contributed by atoms with Gasteiger partial charge in [-0.3, -0.25) is 9.69 Å². The van der Waals surface area contributed by atoms with Gasteiger partial charge in [0.2, 0.25) is 0 Å². The summed E-state index contributed by atoms with van der Waals surface area (Å²) in [5, 5.41) is 10.9. The van der Waals surface area contributed by atoms with Crippen molar-refractivity contribution < 1.29 is 19.4 Å². The zero-order valence-electron chi connectivity index (χ0n) is 14.9. The van der Waals surface area contributed by atoms with Crippen LogP contribution in [0.5, 0.6) is 11.5 Å². The number of hydrogen-bond acceptors (Lipinski definition) is 6. The number of rotatable bonds is 6. The number of aliphatic hydroxyl groups is 1. The molecular weight excluding hydrogens is 322 g/mol. The third-order valence-electron chi connectivity index (χ3n) is 5.02. The maximum Gasteiger partial charge on any atom is 0.256 e. The number of nitrogens with zero attached hydrogens (tertiary/aromatic N) is 2. The molecule has 1 atom stereocenters. The summed E-state index contributed by atoms with van der Waals surface area (Å²) >= 11 is 0. The summed E-state index contributed by atoms with van der Waals surface area (Å²) < 4.78 is 10.8. The van der Waals surface area contributed by atoms with Gasteiger partial charge in [-0.05, 0) is 18.9 Å². The van der Waals surface area contributed by atoms with Crippen LogP contribution < -0.4 is 15.2 Å². The summed E-state index contributed by atoms with van der Waals surface area (Å²) in [6.07, 6.45) is 1.26. The van der Waals surface area contributed by atoms with Gasteiger partial charge in [-0.1, -0.05) is 12.1 Å². The van der Waals surface area contributed by atoms with Crippen molar-refractivity contribution in [2.45, 2.75) is 31.0 Å². The van der Waals surface area contributed by atoms with Gasteiger partial charge in [-0.2, -0.15) is 0 Å². The number of methoxy groups -OCH3 is 2.